The number of carbonyl (C=O) groups excluding carboxylic acids is 2. The molecule has 1 amide bonds. The quantitative estimate of drug-likeness (QED) is 0.233. The van der Waals surface area contributed by atoms with Crippen LogP contribution < -0.4 is 10.6 Å². The molecule has 0 aromatic carbocycles. The number of methoxy groups -OCH3 is 1. The smallest absolute Gasteiger partial charge is 0.321 e. The largest absolute Gasteiger partial charge is 0.510 e. The molecule has 0 saturated carbocycles. The number of aliphatic hydroxyl groups is 1. The zero-order valence-corrected chi connectivity index (χ0v) is 28.7. The van der Waals surface area contributed by atoms with Crippen molar-refractivity contribution in [3.8, 4) is 0 Å². The summed E-state index contributed by atoms with van der Waals surface area (Å²) in [5.74, 6) is -3.56. The van der Waals surface area contributed by atoms with Gasteiger partial charge in [-0.2, -0.15) is 0 Å². The van der Waals surface area contributed by atoms with E-state index in [4.69, 9.17) is 24.8 Å². The maximum absolute atomic E-state index is 13.4. The molecular weight excluding hydrogens is 622 g/mol. The van der Waals surface area contributed by atoms with Crippen molar-refractivity contribution in [2.45, 2.75) is 60.3 Å². The van der Waals surface area contributed by atoms with Crippen LogP contribution in [-0.2, 0) is 19.1 Å². The second-order valence-electron chi connectivity index (χ2n) is 12.9. The number of carboxylic acids is 1. The number of ether oxygens (including phenoxy) is 1. The summed E-state index contributed by atoms with van der Waals surface area (Å²) in [6, 6.07) is 0. The van der Waals surface area contributed by atoms with E-state index < -0.39 is 17.9 Å². The number of aliphatic hydroxyl groups excluding tert-OH is 1. The Hall–Kier alpha value is -5.32. The number of nitrogens with zero attached hydrogens (tertiary/aromatic N) is 3. The number of aliphatic carboxylic acids is 1. The van der Waals surface area contributed by atoms with Gasteiger partial charge in [-0.25, -0.2) is 15.0 Å². The van der Waals surface area contributed by atoms with Gasteiger partial charge < -0.3 is 25.6 Å². The molecule has 0 aromatic rings. The average molecular weight is 664 g/mol. The van der Waals surface area contributed by atoms with Crippen LogP contribution in [0.3, 0.4) is 0 Å². The lowest BCUT2D eigenvalue weighted by molar-refractivity contribution is -0.143. The minimum atomic E-state index is -1.11. The van der Waals surface area contributed by atoms with E-state index in [9.17, 15) is 19.5 Å². The Kier molecular flexibility index (Phi) is 8.87. The molecule has 254 valence electrons. The van der Waals surface area contributed by atoms with Crippen molar-refractivity contribution >= 4 is 35.0 Å². The first-order valence-electron chi connectivity index (χ1n) is 16.6. The van der Waals surface area contributed by atoms with Crippen LogP contribution in [0.1, 0.15) is 60.3 Å². The van der Waals surface area contributed by atoms with E-state index in [1.807, 2.05) is 39.0 Å². The van der Waals surface area contributed by atoms with Crippen molar-refractivity contribution < 1.29 is 29.3 Å². The monoisotopic (exact) mass is 663 g/mol. The number of allylic oxidation sites excluding steroid dienone is 11. The molecular formula is C38H41N5O6. The van der Waals surface area contributed by atoms with Crippen molar-refractivity contribution in [2.24, 2.45) is 32.7 Å². The van der Waals surface area contributed by atoms with Gasteiger partial charge in [-0.15, -0.1) is 0 Å². The number of carboxylic acid groups (broad SMARTS) is 1. The molecule has 0 spiro atoms. The number of rotatable bonds is 9. The van der Waals surface area contributed by atoms with E-state index >= 15 is 0 Å². The van der Waals surface area contributed by atoms with Crippen LogP contribution in [0.4, 0.5) is 0 Å². The molecule has 6 aliphatic rings. The van der Waals surface area contributed by atoms with Gasteiger partial charge in [0.15, 0.2) is 0 Å². The number of hydrogen-bond acceptors (Lipinski definition) is 9. The summed E-state index contributed by atoms with van der Waals surface area (Å²) in [4.78, 5) is 52.3. The minimum Gasteiger partial charge on any atom is -0.510 e. The Morgan fingerprint density at radius 1 is 1.02 bits per heavy atom. The topological polar surface area (TPSA) is 162 Å². The molecule has 3 atom stereocenters. The Bertz CT molecular complexity index is 1970. The Labute approximate surface area is 285 Å². The molecule has 1 fully saturated rings. The maximum Gasteiger partial charge on any atom is 0.321 e. The standard InChI is InChI=1S/C38H41N5O6/c1-8-21-17(3)24-14-26-19(5)23(10-11-30(44)39-13-12-31(45)46)35(42-26)33-34(38(48)49-7)37(47)32-20(6)27(43-36(32)33)16-29-22(9-2)18(4)25(41-29)15-28(21)40-24/h8,14-16,19,23,34,42,47H,1,9-13H2,2-7H3,(H,39,44)(H,45,46)/t19-,23-,34+/m0/s1. The Morgan fingerprint density at radius 3 is 2.41 bits per heavy atom. The third-order valence-corrected chi connectivity index (χ3v) is 10.2. The normalized spacial score (nSPS) is 24.1. The predicted molar refractivity (Wildman–Crippen MR) is 188 cm³/mol. The van der Waals surface area contributed by atoms with Crippen molar-refractivity contribution in [3.63, 3.8) is 0 Å². The number of carbonyl (C=O) groups is 3. The van der Waals surface area contributed by atoms with Gasteiger partial charge >= 0.3 is 11.9 Å². The van der Waals surface area contributed by atoms with Gasteiger partial charge in [0.1, 0.15) is 11.7 Å². The van der Waals surface area contributed by atoms with Gasteiger partial charge in [0.25, 0.3) is 0 Å². The van der Waals surface area contributed by atoms with Gasteiger partial charge in [0, 0.05) is 52.9 Å². The molecule has 0 aromatic heterocycles. The zero-order valence-electron chi connectivity index (χ0n) is 28.7. The van der Waals surface area contributed by atoms with Gasteiger partial charge in [-0.1, -0.05) is 26.5 Å². The highest BCUT2D eigenvalue weighted by Crippen LogP contribution is 2.49. The van der Waals surface area contributed by atoms with Crippen molar-refractivity contribution in [2.75, 3.05) is 13.7 Å². The first kappa shape index (κ1) is 33.6. The van der Waals surface area contributed by atoms with Crippen molar-refractivity contribution in [1.82, 2.24) is 10.6 Å². The molecule has 11 heteroatoms. The Morgan fingerprint density at radius 2 is 1.73 bits per heavy atom. The van der Waals surface area contributed by atoms with E-state index in [0.29, 0.717) is 34.7 Å². The number of esters is 1. The fraction of sp³-hybridized carbons (Fsp3) is 0.368. The highest BCUT2D eigenvalue weighted by molar-refractivity contribution is 6.24. The summed E-state index contributed by atoms with van der Waals surface area (Å²) in [5, 5.41) is 27.0. The molecule has 49 heavy (non-hydrogen) atoms. The number of aliphatic imine (C=N–C) groups is 3. The SMILES string of the molecule is C=CC1=C(C)C2=NC1=CC1=NC(=CC3=C(C)C4=C(O)[C@H](C(=O)OC)C(=C5NC(=C2)[C@@H](C)[C@@H]5CCC(=O)NCCC(=O)O)C4=N3)C(CC)=C1C. The highest BCUT2D eigenvalue weighted by Gasteiger charge is 2.49. The number of hydrogen-bond donors (Lipinski definition) is 4. The van der Waals surface area contributed by atoms with Gasteiger partial charge in [-0.3, -0.25) is 14.4 Å². The fourth-order valence-electron chi connectivity index (χ4n) is 7.46. The number of nitrogens with one attached hydrogen (secondary N) is 2. The lowest BCUT2D eigenvalue weighted by Gasteiger charge is -2.20. The van der Waals surface area contributed by atoms with Crippen LogP contribution in [0, 0.1) is 17.8 Å². The average Bonchev–Trinajstić information content (AvgIpc) is 3.80. The van der Waals surface area contributed by atoms with Crippen molar-refractivity contribution in [1.29, 1.82) is 0 Å². The van der Waals surface area contributed by atoms with Crippen LogP contribution in [-0.4, -0.2) is 58.8 Å². The molecule has 6 rings (SSSR count). The zero-order chi connectivity index (χ0) is 35.3. The van der Waals surface area contributed by atoms with Crippen LogP contribution >= 0.6 is 0 Å². The molecule has 0 unspecified atom stereocenters. The minimum absolute atomic E-state index is 0.0319. The molecule has 1 aliphatic carbocycles. The van der Waals surface area contributed by atoms with E-state index in [-0.39, 0.29) is 42.9 Å². The van der Waals surface area contributed by atoms with E-state index in [2.05, 4.69) is 31.1 Å². The fourth-order valence-corrected chi connectivity index (χ4v) is 7.46. The van der Waals surface area contributed by atoms with Crippen LogP contribution in [0.15, 0.2) is 119 Å². The second kappa shape index (κ2) is 12.9. The maximum atomic E-state index is 13.4. The van der Waals surface area contributed by atoms with Crippen molar-refractivity contribution in [3.05, 3.63) is 104 Å². The third kappa shape index (κ3) is 5.66. The molecule has 0 radical (unpaired) electrons. The van der Waals surface area contributed by atoms with E-state index in [0.717, 1.165) is 62.8 Å². The van der Waals surface area contributed by atoms with Gasteiger partial charge in [-0.05, 0) is 74.1 Å². The lowest BCUT2D eigenvalue weighted by Crippen LogP contribution is -2.27. The molecule has 5 heterocycles. The summed E-state index contributed by atoms with van der Waals surface area (Å²) in [6.07, 6.45) is 8.81. The predicted octanol–water partition coefficient (Wildman–Crippen LogP) is 5.61. The molecule has 5 aliphatic heterocycles. The van der Waals surface area contributed by atoms with Crippen LogP contribution in [0.25, 0.3) is 0 Å². The summed E-state index contributed by atoms with van der Waals surface area (Å²) in [5.41, 5.74) is 11.4. The number of fused-ring (bicyclic) bond motifs is 5. The summed E-state index contributed by atoms with van der Waals surface area (Å²) in [7, 11) is 1.29. The van der Waals surface area contributed by atoms with Crippen LogP contribution in [0.5, 0.6) is 0 Å². The molecule has 8 bridgehead atoms. The first-order valence-corrected chi connectivity index (χ1v) is 16.6. The van der Waals surface area contributed by atoms with Gasteiger partial charge in [0.05, 0.1) is 47.8 Å². The Balaban J connectivity index is 1.57. The van der Waals surface area contributed by atoms with E-state index in [1.54, 1.807) is 6.08 Å². The molecule has 4 N–H and O–H groups in total. The summed E-state index contributed by atoms with van der Waals surface area (Å²) < 4.78 is 5.21. The second-order valence-corrected chi connectivity index (χ2v) is 12.9. The summed E-state index contributed by atoms with van der Waals surface area (Å²) in [6.45, 7) is 14.2. The highest BCUT2D eigenvalue weighted by atomic mass is 16.5. The third-order valence-electron chi connectivity index (χ3n) is 10.2. The summed E-state index contributed by atoms with van der Waals surface area (Å²) >= 11 is 0. The number of amides is 1. The molecule has 11 nitrogen and oxygen atoms in total. The molecule has 1 saturated heterocycles. The van der Waals surface area contributed by atoms with E-state index in [1.165, 1.54) is 7.11 Å². The van der Waals surface area contributed by atoms with Gasteiger partial charge in [0.2, 0.25) is 5.91 Å². The van der Waals surface area contributed by atoms with Crippen LogP contribution in [0.2, 0.25) is 0 Å². The first-order chi connectivity index (χ1) is 23.4. The lowest BCUT2D eigenvalue weighted by atomic mass is 9.84.